The lowest BCUT2D eigenvalue weighted by Crippen LogP contribution is -1.94. The zero-order chi connectivity index (χ0) is 10.2. The van der Waals surface area contributed by atoms with Crippen LogP contribution >= 0.6 is 11.6 Å². The van der Waals surface area contributed by atoms with E-state index in [9.17, 15) is 0 Å². The first-order valence-corrected chi connectivity index (χ1v) is 4.88. The zero-order valence-electron chi connectivity index (χ0n) is 7.82. The summed E-state index contributed by atoms with van der Waals surface area (Å²) in [5.74, 6) is 0.807. The predicted octanol–water partition coefficient (Wildman–Crippen LogP) is 2.35. The lowest BCUT2D eigenvalue weighted by atomic mass is 10.1. The molecule has 0 aliphatic heterocycles. The van der Waals surface area contributed by atoms with Crippen LogP contribution in [0, 0.1) is 0 Å². The Morgan fingerprint density at radius 3 is 2.57 bits per heavy atom. The minimum atomic E-state index is 0.176. The Morgan fingerprint density at radius 1 is 1.29 bits per heavy atom. The maximum absolute atomic E-state index is 8.71. The third kappa shape index (κ3) is 3.81. The topological polar surface area (TPSA) is 29.5 Å². The van der Waals surface area contributed by atoms with Crippen LogP contribution in [0.4, 0.5) is 0 Å². The van der Waals surface area contributed by atoms with E-state index in [2.05, 4.69) is 0 Å². The van der Waals surface area contributed by atoms with Gasteiger partial charge in [0.05, 0.1) is 0 Å². The number of aliphatic hydroxyl groups excluding tert-OH is 1. The first-order chi connectivity index (χ1) is 6.86. The Hall–Kier alpha value is -0.990. The van der Waals surface area contributed by atoms with Gasteiger partial charge in [-0.05, 0) is 30.2 Å². The summed E-state index contributed by atoms with van der Waals surface area (Å²) in [5.41, 5.74) is 2.54. The molecule has 3 heteroatoms. The molecule has 0 radical (unpaired) electrons. The number of ether oxygens (including phenoxy) is 1. The van der Waals surface area contributed by atoms with Crippen LogP contribution in [0.15, 0.2) is 35.9 Å². The summed E-state index contributed by atoms with van der Waals surface area (Å²) in [6.45, 7) is 0.651. The van der Waals surface area contributed by atoms with E-state index in [0.29, 0.717) is 13.0 Å². The van der Waals surface area contributed by atoms with Crippen molar-refractivity contribution in [3.8, 4) is 5.75 Å². The summed E-state index contributed by atoms with van der Waals surface area (Å²) < 4.78 is 5.35. The van der Waals surface area contributed by atoms with Gasteiger partial charge in [-0.2, -0.15) is 0 Å². The zero-order valence-corrected chi connectivity index (χ0v) is 8.57. The summed E-state index contributed by atoms with van der Waals surface area (Å²) in [7, 11) is 0. The van der Waals surface area contributed by atoms with Crippen molar-refractivity contribution in [2.24, 2.45) is 0 Å². The molecule has 0 heterocycles. The largest absolute Gasteiger partial charge is 0.490 e. The van der Waals surface area contributed by atoms with Gasteiger partial charge in [0, 0.05) is 12.1 Å². The molecule has 1 aromatic rings. The second-order valence-electron chi connectivity index (χ2n) is 2.79. The summed E-state index contributed by atoms with van der Waals surface area (Å²) in [6, 6.07) is 7.64. The molecule has 14 heavy (non-hydrogen) atoms. The number of rotatable bonds is 5. The van der Waals surface area contributed by atoms with E-state index in [1.54, 1.807) is 6.08 Å². The fourth-order valence-electron chi connectivity index (χ4n) is 1.06. The first kappa shape index (κ1) is 11.1. The van der Waals surface area contributed by atoms with Crippen LogP contribution < -0.4 is 4.74 Å². The van der Waals surface area contributed by atoms with Gasteiger partial charge in [-0.15, -0.1) is 0 Å². The van der Waals surface area contributed by atoms with E-state index in [1.807, 2.05) is 24.3 Å². The Kier molecular flexibility index (Phi) is 5.12. The highest BCUT2D eigenvalue weighted by Crippen LogP contribution is 2.12. The van der Waals surface area contributed by atoms with Gasteiger partial charge in [0.15, 0.2) is 0 Å². The van der Waals surface area contributed by atoms with Crippen LogP contribution in [0.5, 0.6) is 5.75 Å². The second kappa shape index (κ2) is 6.46. The maximum Gasteiger partial charge on any atom is 0.119 e. The molecular weight excluding hydrogens is 200 g/mol. The van der Waals surface area contributed by atoms with E-state index >= 15 is 0 Å². The van der Waals surface area contributed by atoms with Crippen molar-refractivity contribution in [3.63, 3.8) is 0 Å². The minimum absolute atomic E-state index is 0.176. The fraction of sp³-hybridized carbons (Fsp3) is 0.273. The Balaban J connectivity index is 2.46. The molecule has 2 nitrogen and oxygen atoms in total. The van der Waals surface area contributed by atoms with Crippen molar-refractivity contribution >= 4 is 11.6 Å². The van der Waals surface area contributed by atoms with E-state index in [-0.39, 0.29) is 6.61 Å². The summed E-state index contributed by atoms with van der Waals surface area (Å²) in [4.78, 5) is 0. The standard InChI is InChI=1S/C11H13ClO2/c12-7-1-9-14-11-4-2-10(3-5-11)6-8-13/h1-5,7,13H,6,8-9H2/b7-1+. The molecule has 0 unspecified atom stereocenters. The average Bonchev–Trinajstić information content (AvgIpc) is 2.21. The molecule has 0 aliphatic carbocycles. The Morgan fingerprint density at radius 2 is 2.00 bits per heavy atom. The highest BCUT2D eigenvalue weighted by atomic mass is 35.5. The number of benzene rings is 1. The van der Waals surface area contributed by atoms with Gasteiger partial charge in [-0.1, -0.05) is 23.7 Å². The lowest BCUT2D eigenvalue weighted by molar-refractivity contribution is 0.299. The van der Waals surface area contributed by atoms with Gasteiger partial charge >= 0.3 is 0 Å². The van der Waals surface area contributed by atoms with E-state index < -0.39 is 0 Å². The Labute approximate surface area is 88.8 Å². The molecular formula is C11H13ClO2. The van der Waals surface area contributed by atoms with Crippen LogP contribution in [0.1, 0.15) is 5.56 Å². The molecule has 0 saturated carbocycles. The van der Waals surface area contributed by atoms with Gasteiger partial charge in [0.1, 0.15) is 12.4 Å². The lowest BCUT2D eigenvalue weighted by Gasteiger charge is -2.03. The molecule has 0 fully saturated rings. The molecule has 0 aromatic heterocycles. The fourth-order valence-corrected chi connectivity index (χ4v) is 1.13. The van der Waals surface area contributed by atoms with Gasteiger partial charge in [0.2, 0.25) is 0 Å². The molecule has 76 valence electrons. The summed E-state index contributed by atoms with van der Waals surface area (Å²) in [5, 5.41) is 8.71. The second-order valence-corrected chi connectivity index (χ2v) is 3.04. The molecule has 0 amide bonds. The number of hydrogen-bond donors (Lipinski definition) is 1. The SMILES string of the molecule is OCCc1ccc(OC/C=C/Cl)cc1. The monoisotopic (exact) mass is 212 g/mol. The molecule has 0 saturated heterocycles. The van der Waals surface area contributed by atoms with Gasteiger partial charge < -0.3 is 9.84 Å². The van der Waals surface area contributed by atoms with Gasteiger partial charge in [0.25, 0.3) is 0 Å². The molecule has 1 aromatic carbocycles. The molecule has 0 atom stereocenters. The smallest absolute Gasteiger partial charge is 0.119 e. The van der Waals surface area contributed by atoms with Crippen molar-refractivity contribution in [2.75, 3.05) is 13.2 Å². The van der Waals surface area contributed by atoms with Crippen LogP contribution in [-0.2, 0) is 6.42 Å². The number of aliphatic hydroxyl groups is 1. The van der Waals surface area contributed by atoms with Crippen LogP contribution in [-0.4, -0.2) is 18.3 Å². The number of halogens is 1. The van der Waals surface area contributed by atoms with Crippen molar-refractivity contribution in [2.45, 2.75) is 6.42 Å². The highest BCUT2D eigenvalue weighted by molar-refractivity contribution is 6.25. The summed E-state index contributed by atoms with van der Waals surface area (Å²) in [6.07, 6.45) is 2.41. The van der Waals surface area contributed by atoms with Crippen LogP contribution in [0.3, 0.4) is 0 Å². The Bertz CT molecular complexity index is 280. The average molecular weight is 213 g/mol. The highest BCUT2D eigenvalue weighted by Gasteiger charge is 1.93. The predicted molar refractivity (Wildman–Crippen MR) is 57.7 cm³/mol. The van der Waals surface area contributed by atoms with Gasteiger partial charge in [-0.25, -0.2) is 0 Å². The molecule has 1 rings (SSSR count). The van der Waals surface area contributed by atoms with Crippen LogP contribution in [0.25, 0.3) is 0 Å². The van der Waals surface area contributed by atoms with Crippen molar-refractivity contribution in [1.82, 2.24) is 0 Å². The minimum Gasteiger partial charge on any atom is -0.490 e. The summed E-state index contributed by atoms with van der Waals surface area (Å²) >= 11 is 5.35. The third-order valence-corrected chi connectivity index (χ3v) is 1.94. The van der Waals surface area contributed by atoms with Gasteiger partial charge in [-0.3, -0.25) is 0 Å². The van der Waals surface area contributed by atoms with Crippen molar-refractivity contribution in [3.05, 3.63) is 41.4 Å². The number of hydrogen-bond acceptors (Lipinski definition) is 2. The first-order valence-electron chi connectivity index (χ1n) is 4.44. The van der Waals surface area contributed by atoms with E-state index in [0.717, 1.165) is 11.3 Å². The van der Waals surface area contributed by atoms with Crippen molar-refractivity contribution < 1.29 is 9.84 Å². The quantitative estimate of drug-likeness (QED) is 0.812. The third-order valence-electron chi connectivity index (χ3n) is 1.76. The normalized spacial score (nSPS) is 10.7. The van der Waals surface area contributed by atoms with E-state index in [4.69, 9.17) is 21.4 Å². The molecule has 0 aliphatic rings. The van der Waals surface area contributed by atoms with Crippen LogP contribution in [0.2, 0.25) is 0 Å². The molecule has 1 N–H and O–H groups in total. The van der Waals surface area contributed by atoms with E-state index in [1.165, 1.54) is 5.54 Å². The molecule has 0 bridgehead atoms. The maximum atomic E-state index is 8.71. The molecule has 0 spiro atoms. The van der Waals surface area contributed by atoms with Crippen molar-refractivity contribution in [1.29, 1.82) is 0 Å².